The Kier molecular flexibility index (Phi) is 6.41. The topological polar surface area (TPSA) is 64.2 Å². The Hall–Kier alpha value is -3.00. The van der Waals surface area contributed by atoms with E-state index in [2.05, 4.69) is 15.9 Å². The van der Waals surface area contributed by atoms with Crippen LogP contribution in [0.15, 0.2) is 29.1 Å². The van der Waals surface area contributed by atoms with E-state index < -0.39 is 0 Å². The van der Waals surface area contributed by atoms with Crippen molar-refractivity contribution < 1.29 is 9.47 Å². The van der Waals surface area contributed by atoms with E-state index in [-0.39, 0.29) is 18.1 Å². The van der Waals surface area contributed by atoms with Crippen molar-refractivity contribution in [3.8, 4) is 23.8 Å². The van der Waals surface area contributed by atoms with Gasteiger partial charge in [-0.3, -0.25) is 4.79 Å². The molecular weight excluding hydrogens is 316 g/mol. The molecule has 0 atom stereocenters. The molecule has 5 heteroatoms. The zero-order valence-corrected chi connectivity index (χ0v) is 14.7. The first-order valence-electron chi connectivity index (χ1n) is 8.16. The van der Waals surface area contributed by atoms with E-state index in [4.69, 9.17) is 15.9 Å². The molecule has 1 heterocycles. The highest BCUT2D eigenvalue weighted by molar-refractivity contribution is 5.69. The maximum atomic E-state index is 11.7. The summed E-state index contributed by atoms with van der Waals surface area (Å²) in [5, 5.41) is 0. The van der Waals surface area contributed by atoms with Gasteiger partial charge in [-0.15, -0.1) is 6.42 Å². The molecule has 1 aromatic carbocycles. The van der Waals surface area contributed by atoms with Crippen molar-refractivity contribution in [3.63, 3.8) is 0 Å². The van der Waals surface area contributed by atoms with Crippen LogP contribution in [0, 0.1) is 12.3 Å². The molecule has 0 saturated heterocycles. The van der Waals surface area contributed by atoms with Crippen molar-refractivity contribution in [2.45, 2.75) is 26.7 Å². The van der Waals surface area contributed by atoms with Crippen molar-refractivity contribution in [2.75, 3.05) is 13.2 Å². The van der Waals surface area contributed by atoms with Crippen molar-refractivity contribution in [1.82, 2.24) is 9.97 Å². The number of H-pyrrole nitrogens is 1. The van der Waals surface area contributed by atoms with Crippen molar-refractivity contribution in [1.29, 1.82) is 0 Å². The second kappa shape index (κ2) is 8.74. The third kappa shape index (κ3) is 5.25. The molecule has 5 nitrogen and oxygen atoms in total. The molecule has 0 bridgehead atoms. The van der Waals surface area contributed by atoms with Crippen molar-refractivity contribution >= 4 is 12.2 Å². The third-order valence-corrected chi connectivity index (χ3v) is 3.35. The first-order valence-corrected chi connectivity index (χ1v) is 8.16. The molecule has 0 aliphatic rings. The molecule has 0 unspecified atom stereocenters. The quantitative estimate of drug-likeness (QED) is 0.785. The number of rotatable bonds is 7. The predicted molar refractivity (Wildman–Crippen MR) is 99.8 cm³/mol. The van der Waals surface area contributed by atoms with Gasteiger partial charge in [0.25, 0.3) is 5.56 Å². The van der Waals surface area contributed by atoms with Crippen LogP contribution in [0.2, 0.25) is 0 Å². The molecule has 0 spiro atoms. The van der Waals surface area contributed by atoms with Gasteiger partial charge in [0.2, 0.25) is 0 Å². The van der Waals surface area contributed by atoms with Crippen LogP contribution >= 0.6 is 0 Å². The van der Waals surface area contributed by atoms with Gasteiger partial charge >= 0.3 is 0 Å². The Morgan fingerprint density at radius 3 is 2.72 bits per heavy atom. The Morgan fingerprint density at radius 2 is 2.04 bits per heavy atom. The monoisotopic (exact) mass is 338 g/mol. The summed E-state index contributed by atoms with van der Waals surface area (Å²) in [6.07, 6.45) is 8.90. The molecule has 0 fully saturated rings. The Morgan fingerprint density at radius 1 is 1.24 bits per heavy atom. The number of aromatic nitrogens is 2. The molecular formula is C20H22N2O3. The first-order chi connectivity index (χ1) is 12.0. The van der Waals surface area contributed by atoms with Gasteiger partial charge in [-0.2, -0.15) is 0 Å². The second-order valence-corrected chi connectivity index (χ2v) is 5.68. The average Bonchev–Trinajstić information content (AvgIpc) is 2.59. The lowest BCUT2D eigenvalue weighted by molar-refractivity contribution is 0.299. The van der Waals surface area contributed by atoms with E-state index in [1.165, 1.54) is 6.07 Å². The summed E-state index contributed by atoms with van der Waals surface area (Å²) in [5.41, 5.74) is 1.36. The SMILES string of the molecule is C#CCOc1ccc(/C=C/c2cc(=O)[nH]c(C(C)C)n2)cc1OCC. The highest BCUT2D eigenvalue weighted by atomic mass is 16.5. The molecule has 0 radical (unpaired) electrons. The van der Waals surface area contributed by atoms with Crippen LogP contribution < -0.4 is 15.0 Å². The van der Waals surface area contributed by atoms with E-state index in [1.807, 2.05) is 45.0 Å². The van der Waals surface area contributed by atoms with Crippen LogP contribution in [0.1, 0.15) is 43.8 Å². The molecule has 1 N–H and O–H groups in total. The number of benzene rings is 1. The minimum Gasteiger partial charge on any atom is -0.490 e. The fraction of sp³-hybridized carbons (Fsp3) is 0.300. The maximum absolute atomic E-state index is 11.7. The minimum atomic E-state index is -0.161. The van der Waals surface area contributed by atoms with Gasteiger partial charge in [-0.05, 0) is 30.7 Å². The van der Waals surface area contributed by atoms with Gasteiger partial charge in [0.1, 0.15) is 12.4 Å². The fourth-order valence-electron chi connectivity index (χ4n) is 2.17. The molecule has 130 valence electrons. The van der Waals surface area contributed by atoms with Crippen LogP contribution in [-0.4, -0.2) is 23.2 Å². The number of nitrogens with one attached hydrogen (secondary N) is 1. The number of terminal acetylenes is 1. The molecule has 0 aliphatic heterocycles. The van der Waals surface area contributed by atoms with Gasteiger partial charge in [0.05, 0.1) is 12.3 Å². The van der Waals surface area contributed by atoms with Crippen LogP contribution in [0.3, 0.4) is 0 Å². The van der Waals surface area contributed by atoms with E-state index >= 15 is 0 Å². The van der Waals surface area contributed by atoms with E-state index in [1.54, 1.807) is 6.08 Å². The smallest absolute Gasteiger partial charge is 0.251 e. The van der Waals surface area contributed by atoms with Gasteiger partial charge in [-0.1, -0.05) is 31.9 Å². The number of hydrogen-bond acceptors (Lipinski definition) is 4. The molecule has 1 aromatic heterocycles. The zero-order chi connectivity index (χ0) is 18.2. The van der Waals surface area contributed by atoms with Crippen LogP contribution in [0.4, 0.5) is 0 Å². The lowest BCUT2D eigenvalue weighted by Crippen LogP contribution is -2.12. The first kappa shape index (κ1) is 18.3. The molecule has 0 saturated carbocycles. The van der Waals surface area contributed by atoms with Gasteiger partial charge in [0, 0.05) is 12.0 Å². The van der Waals surface area contributed by atoms with Gasteiger partial charge in [0.15, 0.2) is 11.5 Å². The van der Waals surface area contributed by atoms with E-state index in [0.29, 0.717) is 29.6 Å². The molecule has 2 aromatic rings. The van der Waals surface area contributed by atoms with Crippen molar-refractivity contribution in [3.05, 3.63) is 51.7 Å². The Balaban J connectivity index is 2.27. The van der Waals surface area contributed by atoms with Gasteiger partial charge < -0.3 is 14.5 Å². The van der Waals surface area contributed by atoms with Crippen LogP contribution in [0.5, 0.6) is 11.5 Å². The van der Waals surface area contributed by atoms with Gasteiger partial charge in [-0.25, -0.2) is 4.98 Å². The summed E-state index contributed by atoms with van der Waals surface area (Å²) < 4.78 is 11.1. The average molecular weight is 338 g/mol. The predicted octanol–water partition coefficient (Wildman–Crippen LogP) is 3.47. The Bertz CT molecular complexity index is 845. The summed E-state index contributed by atoms with van der Waals surface area (Å²) in [7, 11) is 0. The summed E-state index contributed by atoms with van der Waals surface area (Å²) in [4.78, 5) is 18.9. The molecule has 0 aliphatic carbocycles. The molecule has 0 amide bonds. The van der Waals surface area contributed by atoms with E-state index in [0.717, 1.165) is 5.56 Å². The lowest BCUT2D eigenvalue weighted by atomic mass is 10.1. The lowest BCUT2D eigenvalue weighted by Gasteiger charge is -2.11. The highest BCUT2D eigenvalue weighted by Gasteiger charge is 2.06. The highest BCUT2D eigenvalue weighted by Crippen LogP contribution is 2.29. The standard InChI is InChI=1S/C20H22N2O3/c1-5-11-25-17-10-8-15(12-18(17)24-6-2)7-9-16-13-19(23)22-20(21-16)14(3)4/h1,7-10,12-14H,6,11H2,2-4H3,(H,21,22,23)/b9-7+. The molecule has 2 rings (SSSR count). The minimum absolute atomic E-state index is 0.151. The fourth-order valence-corrected chi connectivity index (χ4v) is 2.17. The second-order valence-electron chi connectivity index (χ2n) is 5.68. The van der Waals surface area contributed by atoms with E-state index in [9.17, 15) is 4.79 Å². The Labute approximate surface area is 147 Å². The molecule has 25 heavy (non-hydrogen) atoms. The van der Waals surface area contributed by atoms with Crippen LogP contribution in [0.25, 0.3) is 12.2 Å². The summed E-state index contributed by atoms with van der Waals surface area (Å²) in [6.45, 7) is 6.57. The number of ether oxygens (including phenoxy) is 2. The summed E-state index contributed by atoms with van der Waals surface area (Å²) in [6, 6.07) is 7.03. The maximum Gasteiger partial charge on any atom is 0.251 e. The van der Waals surface area contributed by atoms with Crippen LogP contribution in [-0.2, 0) is 0 Å². The third-order valence-electron chi connectivity index (χ3n) is 3.35. The number of nitrogens with zero attached hydrogens (tertiary/aromatic N) is 1. The van der Waals surface area contributed by atoms with Crippen molar-refractivity contribution in [2.24, 2.45) is 0 Å². The normalized spacial score (nSPS) is 10.8. The summed E-state index contributed by atoms with van der Waals surface area (Å²) in [5.74, 6) is 4.48. The number of aromatic amines is 1. The zero-order valence-electron chi connectivity index (χ0n) is 14.7. The largest absolute Gasteiger partial charge is 0.490 e. The number of hydrogen-bond donors (Lipinski definition) is 1. The summed E-state index contributed by atoms with van der Waals surface area (Å²) >= 11 is 0.